The number of hydrogen-bond donors (Lipinski definition) is 1. The summed E-state index contributed by atoms with van der Waals surface area (Å²) in [5.74, 6) is 2.40. The molecule has 3 atom stereocenters. The van der Waals surface area contributed by atoms with Crippen LogP contribution in [-0.4, -0.2) is 48.9 Å². The zero-order valence-corrected chi connectivity index (χ0v) is 19.0. The second-order valence-electron chi connectivity index (χ2n) is 6.98. The van der Waals surface area contributed by atoms with E-state index < -0.39 is 0 Å². The number of halogens is 1. The summed E-state index contributed by atoms with van der Waals surface area (Å²) in [4.78, 5) is 8.66. The molecule has 30 heavy (non-hydrogen) atoms. The van der Waals surface area contributed by atoms with E-state index in [0.717, 1.165) is 30.2 Å². The van der Waals surface area contributed by atoms with Crippen LogP contribution in [0.2, 0.25) is 5.02 Å². The summed E-state index contributed by atoms with van der Waals surface area (Å²) >= 11 is 7.45. The molecule has 162 valence electrons. The SMILES string of the molecule is COCCCc1nnc(NSC(C)C(C)c2ncc(Cl)cn2)n1C(C)c1ccon1. The van der Waals surface area contributed by atoms with E-state index in [1.807, 2.05) is 13.0 Å². The third-order valence-corrected chi connectivity index (χ3v) is 6.15. The summed E-state index contributed by atoms with van der Waals surface area (Å²) in [6.07, 6.45) is 6.41. The van der Waals surface area contributed by atoms with E-state index >= 15 is 0 Å². The van der Waals surface area contributed by atoms with Crippen molar-refractivity contribution >= 4 is 29.5 Å². The fourth-order valence-electron chi connectivity index (χ4n) is 2.93. The molecule has 3 aromatic rings. The highest BCUT2D eigenvalue weighted by Gasteiger charge is 2.23. The third-order valence-electron chi connectivity index (χ3n) is 4.88. The molecule has 0 aromatic carbocycles. The number of nitrogens with zero attached hydrogens (tertiary/aromatic N) is 6. The molecule has 0 aliphatic carbocycles. The Kier molecular flexibility index (Phi) is 8.06. The van der Waals surface area contributed by atoms with Crippen molar-refractivity contribution in [3.05, 3.63) is 47.1 Å². The molecule has 0 spiro atoms. The van der Waals surface area contributed by atoms with Crippen LogP contribution in [0.3, 0.4) is 0 Å². The van der Waals surface area contributed by atoms with E-state index in [4.69, 9.17) is 20.9 Å². The zero-order chi connectivity index (χ0) is 21.5. The average Bonchev–Trinajstić information content (AvgIpc) is 3.42. The van der Waals surface area contributed by atoms with Crippen molar-refractivity contribution < 1.29 is 9.26 Å². The summed E-state index contributed by atoms with van der Waals surface area (Å²) in [5, 5.41) is 13.6. The smallest absolute Gasteiger partial charge is 0.235 e. The van der Waals surface area contributed by atoms with Gasteiger partial charge in [-0.15, -0.1) is 10.2 Å². The molecule has 0 amide bonds. The number of nitrogens with one attached hydrogen (secondary N) is 1. The Bertz CT molecular complexity index is 904. The molecule has 1 N–H and O–H groups in total. The van der Waals surface area contributed by atoms with Crippen molar-refractivity contribution in [1.82, 2.24) is 29.9 Å². The van der Waals surface area contributed by atoms with E-state index in [9.17, 15) is 0 Å². The molecule has 0 bridgehead atoms. The maximum atomic E-state index is 5.89. The monoisotopic (exact) mass is 451 g/mol. The Balaban J connectivity index is 1.73. The molecule has 0 radical (unpaired) electrons. The van der Waals surface area contributed by atoms with Crippen molar-refractivity contribution in [3.63, 3.8) is 0 Å². The molecule has 9 nitrogen and oxygen atoms in total. The fraction of sp³-hybridized carbons (Fsp3) is 0.526. The predicted octanol–water partition coefficient (Wildman–Crippen LogP) is 4.15. The summed E-state index contributed by atoms with van der Waals surface area (Å²) < 4.78 is 15.6. The molecule has 3 aromatic heterocycles. The second-order valence-corrected chi connectivity index (χ2v) is 8.60. The molecule has 0 aliphatic heterocycles. The van der Waals surface area contributed by atoms with Gasteiger partial charge in [-0.1, -0.05) is 30.6 Å². The second kappa shape index (κ2) is 10.7. The van der Waals surface area contributed by atoms with Gasteiger partial charge in [-0.3, -0.25) is 9.29 Å². The molecule has 0 aliphatic rings. The van der Waals surface area contributed by atoms with Gasteiger partial charge in [0.05, 0.1) is 11.1 Å². The Morgan fingerprint density at radius 2 is 2.00 bits per heavy atom. The number of anilines is 1. The number of rotatable bonds is 11. The topological polar surface area (TPSA) is 104 Å². The minimum atomic E-state index is -0.0771. The van der Waals surface area contributed by atoms with Crippen LogP contribution in [0.5, 0.6) is 0 Å². The van der Waals surface area contributed by atoms with Crippen molar-refractivity contribution in [1.29, 1.82) is 0 Å². The lowest BCUT2D eigenvalue weighted by molar-refractivity contribution is 0.194. The van der Waals surface area contributed by atoms with Gasteiger partial charge < -0.3 is 9.26 Å². The molecule has 3 heterocycles. The van der Waals surface area contributed by atoms with E-state index in [-0.39, 0.29) is 17.2 Å². The summed E-state index contributed by atoms with van der Waals surface area (Å²) in [7, 11) is 1.69. The fourth-order valence-corrected chi connectivity index (χ4v) is 3.78. The minimum absolute atomic E-state index is 0.0771. The Morgan fingerprint density at radius 3 is 2.67 bits per heavy atom. The van der Waals surface area contributed by atoms with Gasteiger partial charge in [0.2, 0.25) is 5.95 Å². The lowest BCUT2D eigenvalue weighted by Crippen LogP contribution is -2.17. The molecule has 0 fully saturated rings. The average molecular weight is 452 g/mol. The number of ether oxygens (including phenoxy) is 1. The third kappa shape index (κ3) is 5.50. The largest absolute Gasteiger partial charge is 0.385 e. The van der Waals surface area contributed by atoms with Crippen LogP contribution < -0.4 is 4.72 Å². The predicted molar refractivity (Wildman–Crippen MR) is 117 cm³/mol. The molecule has 3 rings (SSSR count). The number of hydrogen-bond acceptors (Lipinski definition) is 9. The first-order chi connectivity index (χ1) is 14.5. The van der Waals surface area contributed by atoms with Gasteiger partial charge >= 0.3 is 0 Å². The number of methoxy groups -OCH3 is 1. The molecule has 11 heteroatoms. The molecular weight excluding hydrogens is 426 g/mol. The van der Waals surface area contributed by atoms with Crippen LogP contribution in [0.4, 0.5) is 5.95 Å². The van der Waals surface area contributed by atoms with E-state index in [0.29, 0.717) is 17.6 Å². The maximum absolute atomic E-state index is 5.89. The molecular formula is C19H26ClN7O2S. The lowest BCUT2D eigenvalue weighted by Gasteiger charge is -2.20. The standard InChI is InChI=1S/C19H26ClN7O2S/c1-12(18-21-10-15(20)11-22-18)14(3)30-26-19-24-23-17(6-5-8-28-4)27(19)13(2)16-7-9-29-25-16/h7,9-14H,5-6,8H2,1-4H3,(H,24,26). The zero-order valence-electron chi connectivity index (χ0n) is 17.4. The Labute approximate surface area is 185 Å². The molecule has 3 unspecified atom stereocenters. The van der Waals surface area contributed by atoms with Crippen LogP contribution >= 0.6 is 23.5 Å². The summed E-state index contributed by atoms with van der Waals surface area (Å²) in [6, 6.07) is 1.77. The van der Waals surface area contributed by atoms with Crippen molar-refractivity contribution in [2.24, 2.45) is 0 Å². The summed E-state index contributed by atoms with van der Waals surface area (Å²) in [5.41, 5.74) is 0.812. The van der Waals surface area contributed by atoms with Gasteiger partial charge in [-0.05, 0) is 25.3 Å². The number of aryl methyl sites for hydroxylation is 1. The Hall–Kier alpha value is -2.17. The summed E-state index contributed by atoms with van der Waals surface area (Å²) in [6.45, 7) is 6.91. The van der Waals surface area contributed by atoms with Crippen LogP contribution in [0.15, 0.2) is 29.2 Å². The van der Waals surface area contributed by atoms with Gasteiger partial charge in [0.15, 0.2) is 0 Å². The van der Waals surface area contributed by atoms with Crippen molar-refractivity contribution in [3.8, 4) is 0 Å². The van der Waals surface area contributed by atoms with E-state index in [1.165, 1.54) is 0 Å². The first-order valence-corrected chi connectivity index (χ1v) is 11.0. The van der Waals surface area contributed by atoms with Gasteiger partial charge in [0.1, 0.15) is 23.6 Å². The normalized spacial score (nSPS) is 14.4. The first-order valence-electron chi connectivity index (χ1n) is 9.73. The van der Waals surface area contributed by atoms with E-state index in [1.54, 1.807) is 37.7 Å². The highest BCUT2D eigenvalue weighted by atomic mass is 35.5. The van der Waals surface area contributed by atoms with Crippen LogP contribution in [-0.2, 0) is 11.2 Å². The Morgan fingerprint density at radius 1 is 1.23 bits per heavy atom. The lowest BCUT2D eigenvalue weighted by atomic mass is 10.1. The number of aromatic nitrogens is 6. The minimum Gasteiger partial charge on any atom is -0.385 e. The molecule has 0 saturated heterocycles. The van der Waals surface area contributed by atoms with Crippen LogP contribution in [0.25, 0.3) is 0 Å². The van der Waals surface area contributed by atoms with Gasteiger partial charge in [0.25, 0.3) is 0 Å². The van der Waals surface area contributed by atoms with Crippen molar-refractivity contribution in [2.75, 3.05) is 18.4 Å². The van der Waals surface area contributed by atoms with Crippen molar-refractivity contribution in [2.45, 2.75) is 50.8 Å². The molecule has 0 saturated carbocycles. The maximum Gasteiger partial charge on any atom is 0.235 e. The van der Waals surface area contributed by atoms with Crippen LogP contribution in [0, 0.1) is 0 Å². The highest BCUT2D eigenvalue weighted by Crippen LogP contribution is 2.29. The van der Waals surface area contributed by atoms with Gasteiger partial charge in [0, 0.05) is 49.8 Å². The van der Waals surface area contributed by atoms with Gasteiger partial charge in [-0.2, -0.15) is 0 Å². The first kappa shape index (κ1) is 22.5. The van der Waals surface area contributed by atoms with Crippen LogP contribution in [0.1, 0.15) is 56.5 Å². The van der Waals surface area contributed by atoms with Gasteiger partial charge in [-0.25, -0.2) is 9.97 Å². The van der Waals surface area contributed by atoms with E-state index in [2.05, 4.69) is 48.5 Å². The quantitative estimate of drug-likeness (QED) is 0.340. The highest BCUT2D eigenvalue weighted by molar-refractivity contribution is 8.01.